The first-order valence-electron chi connectivity index (χ1n) is 11.7. The summed E-state index contributed by atoms with van der Waals surface area (Å²) in [6.07, 6.45) is -10.6. The fourth-order valence-corrected chi connectivity index (χ4v) is 4.88. The van der Waals surface area contributed by atoms with E-state index >= 15 is 0 Å². The molecule has 2 amide bonds. The molecule has 11 heteroatoms. The third-order valence-electron chi connectivity index (χ3n) is 6.63. The van der Waals surface area contributed by atoms with Gasteiger partial charge in [-0.15, -0.1) is 0 Å². The van der Waals surface area contributed by atoms with Crippen LogP contribution in [0.1, 0.15) is 67.5 Å². The number of carbonyl (C=O) groups excluding carboxylic acids is 1. The van der Waals surface area contributed by atoms with Crippen LogP contribution in [0.2, 0.25) is 0 Å². The number of alkyl halides is 6. The van der Waals surface area contributed by atoms with Gasteiger partial charge in [0.2, 0.25) is 5.91 Å². The highest BCUT2D eigenvalue weighted by atomic mass is 19.4. The number of fused-ring (bicyclic) bond motifs is 1. The lowest BCUT2D eigenvalue weighted by Gasteiger charge is -2.33. The van der Waals surface area contributed by atoms with Gasteiger partial charge in [-0.25, -0.2) is 4.79 Å². The normalized spacial score (nSPS) is 18.4. The molecular formula is C26H28F6N2O3. The molecule has 0 aromatic heterocycles. The number of halogens is 6. The van der Waals surface area contributed by atoms with Crippen molar-refractivity contribution in [2.75, 3.05) is 4.90 Å². The minimum atomic E-state index is -5.02. The molecule has 0 radical (unpaired) electrons. The molecule has 2 aromatic rings. The standard InChI is InChI=1S/C26H28F6N2O3/c1-14(2)21-7-8-22(20-6-5-15(3)9-23(20)34(21)24(36)37)33(16(4)35)13-17-10-18(25(27,28)29)12-19(11-17)26(30,31)32/h5-6,9-12,14,21-22H,7-8,13H2,1-4H3,(H,36,37). The lowest BCUT2D eigenvalue weighted by Crippen LogP contribution is -2.42. The van der Waals surface area contributed by atoms with Gasteiger partial charge in [0.1, 0.15) is 0 Å². The van der Waals surface area contributed by atoms with Gasteiger partial charge in [0.05, 0.1) is 22.9 Å². The smallest absolute Gasteiger partial charge is 0.416 e. The Hall–Kier alpha value is -3.24. The Bertz CT molecular complexity index is 1140. The summed E-state index contributed by atoms with van der Waals surface area (Å²) >= 11 is 0. The van der Waals surface area contributed by atoms with E-state index in [-0.39, 0.29) is 24.0 Å². The molecule has 0 saturated heterocycles. The van der Waals surface area contributed by atoms with E-state index in [1.165, 1.54) is 16.7 Å². The van der Waals surface area contributed by atoms with Crippen LogP contribution in [0.3, 0.4) is 0 Å². The molecule has 3 rings (SSSR count). The number of carbonyl (C=O) groups is 2. The zero-order chi connectivity index (χ0) is 27.9. The fraction of sp³-hybridized carbons (Fsp3) is 0.462. The average Bonchev–Trinajstić information content (AvgIpc) is 2.92. The van der Waals surface area contributed by atoms with Gasteiger partial charge in [0, 0.05) is 19.5 Å². The molecule has 5 nitrogen and oxygen atoms in total. The number of hydrogen-bond donors (Lipinski definition) is 1. The molecule has 0 fully saturated rings. The van der Waals surface area contributed by atoms with Crippen LogP contribution in [0.25, 0.3) is 0 Å². The first-order chi connectivity index (χ1) is 17.0. The predicted octanol–water partition coefficient (Wildman–Crippen LogP) is 7.43. The number of carboxylic acid groups (broad SMARTS) is 1. The van der Waals surface area contributed by atoms with Crippen molar-refractivity contribution in [3.05, 3.63) is 64.2 Å². The molecule has 0 saturated carbocycles. The van der Waals surface area contributed by atoms with E-state index < -0.39 is 54.1 Å². The van der Waals surface area contributed by atoms with Crippen LogP contribution in [0, 0.1) is 12.8 Å². The second-order valence-corrected chi connectivity index (χ2v) is 9.68. The molecule has 1 aliphatic heterocycles. The number of amides is 2. The summed E-state index contributed by atoms with van der Waals surface area (Å²) in [5.74, 6) is -0.654. The quantitative estimate of drug-likeness (QED) is 0.419. The van der Waals surface area contributed by atoms with Crippen molar-refractivity contribution in [3.8, 4) is 0 Å². The van der Waals surface area contributed by atoms with Crippen LogP contribution < -0.4 is 4.90 Å². The molecular weight excluding hydrogens is 502 g/mol. The summed E-state index contributed by atoms with van der Waals surface area (Å²) in [7, 11) is 0. The lowest BCUT2D eigenvalue weighted by molar-refractivity contribution is -0.143. The maximum Gasteiger partial charge on any atom is 0.416 e. The predicted molar refractivity (Wildman–Crippen MR) is 125 cm³/mol. The van der Waals surface area contributed by atoms with Gasteiger partial charge in [0.15, 0.2) is 0 Å². The highest BCUT2D eigenvalue weighted by Gasteiger charge is 2.39. The minimum absolute atomic E-state index is 0.0449. The Morgan fingerprint density at radius 3 is 2.03 bits per heavy atom. The van der Waals surface area contributed by atoms with E-state index in [2.05, 4.69) is 0 Å². The van der Waals surface area contributed by atoms with Crippen molar-refractivity contribution < 1.29 is 41.0 Å². The van der Waals surface area contributed by atoms with Crippen molar-refractivity contribution >= 4 is 17.7 Å². The van der Waals surface area contributed by atoms with Crippen LogP contribution in [0.4, 0.5) is 36.8 Å². The van der Waals surface area contributed by atoms with E-state index in [0.29, 0.717) is 29.8 Å². The van der Waals surface area contributed by atoms with Gasteiger partial charge in [-0.05, 0) is 66.6 Å². The van der Waals surface area contributed by atoms with Crippen LogP contribution in [0.15, 0.2) is 36.4 Å². The Morgan fingerprint density at radius 1 is 1.00 bits per heavy atom. The zero-order valence-electron chi connectivity index (χ0n) is 20.7. The summed E-state index contributed by atoms with van der Waals surface area (Å²) in [6.45, 7) is 6.17. The number of benzene rings is 2. The molecule has 0 spiro atoms. The van der Waals surface area contributed by atoms with E-state index in [1.54, 1.807) is 25.1 Å². The highest BCUT2D eigenvalue weighted by Crippen LogP contribution is 2.42. The molecule has 0 bridgehead atoms. The SMILES string of the molecule is CC(=O)N(Cc1cc(C(F)(F)F)cc(C(F)(F)F)c1)C1CCC(C(C)C)N(C(=O)O)c2cc(C)ccc21. The summed E-state index contributed by atoms with van der Waals surface area (Å²) < 4.78 is 80.4. The molecule has 2 unspecified atom stereocenters. The third-order valence-corrected chi connectivity index (χ3v) is 6.63. The minimum Gasteiger partial charge on any atom is -0.465 e. The number of anilines is 1. The maximum absolute atomic E-state index is 13.4. The van der Waals surface area contributed by atoms with Crippen molar-refractivity contribution in [3.63, 3.8) is 0 Å². The lowest BCUT2D eigenvalue weighted by atomic mass is 9.94. The topological polar surface area (TPSA) is 60.9 Å². The molecule has 2 atom stereocenters. The Morgan fingerprint density at radius 2 is 1.57 bits per heavy atom. The van der Waals surface area contributed by atoms with Crippen molar-refractivity contribution in [2.45, 2.75) is 71.5 Å². The summed E-state index contributed by atoms with van der Waals surface area (Å²) in [5, 5.41) is 10.0. The van der Waals surface area contributed by atoms with Crippen molar-refractivity contribution in [1.29, 1.82) is 0 Å². The van der Waals surface area contributed by atoms with Crippen LogP contribution in [-0.2, 0) is 23.7 Å². The van der Waals surface area contributed by atoms with E-state index in [4.69, 9.17) is 0 Å². The molecule has 1 aliphatic rings. The number of hydrogen-bond acceptors (Lipinski definition) is 2. The molecule has 37 heavy (non-hydrogen) atoms. The van der Waals surface area contributed by atoms with Crippen LogP contribution in [0.5, 0.6) is 0 Å². The van der Waals surface area contributed by atoms with E-state index in [1.807, 2.05) is 13.8 Å². The fourth-order valence-electron chi connectivity index (χ4n) is 4.88. The van der Waals surface area contributed by atoms with Crippen molar-refractivity contribution in [2.24, 2.45) is 5.92 Å². The molecule has 202 valence electrons. The summed E-state index contributed by atoms with van der Waals surface area (Å²) in [4.78, 5) is 27.5. The monoisotopic (exact) mass is 530 g/mol. The number of rotatable bonds is 4. The largest absolute Gasteiger partial charge is 0.465 e. The van der Waals surface area contributed by atoms with Gasteiger partial charge in [-0.3, -0.25) is 9.69 Å². The van der Waals surface area contributed by atoms with Crippen LogP contribution in [-0.4, -0.2) is 28.0 Å². The van der Waals surface area contributed by atoms with Crippen molar-refractivity contribution in [1.82, 2.24) is 4.90 Å². The van der Waals surface area contributed by atoms with Gasteiger partial charge in [-0.2, -0.15) is 26.3 Å². The maximum atomic E-state index is 13.4. The van der Waals surface area contributed by atoms with Gasteiger partial charge >= 0.3 is 18.4 Å². The second kappa shape index (κ2) is 10.3. The third kappa shape index (κ3) is 6.19. The van der Waals surface area contributed by atoms with Gasteiger partial charge in [0.25, 0.3) is 0 Å². The Balaban J connectivity index is 2.15. The Kier molecular flexibility index (Phi) is 7.85. The molecule has 0 aliphatic carbocycles. The molecule has 1 heterocycles. The first kappa shape index (κ1) is 28.3. The van der Waals surface area contributed by atoms with Gasteiger partial charge < -0.3 is 10.0 Å². The number of nitrogens with zero attached hydrogens (tertiary/aromatic N) is 2. The summed E-state index contributed by atoms with van der Waals surface area (Å²) in [6, 6.07) is 5.12. The average molecular weight is 531 g/mol. The highest BCUT2D eigenvalue weighted by molar-refractivity contribution is 5.89. The van der Waals surface area contributed by atoms with E-state index in [9.17, 15) is 41.0 Å². The molecule has 2 aromatic carbocycles. The van der Waals surface area contributed by atoms with E-state index in [0.717, 1.165) is 5.56 Å². The van der Waals surface area contributed by atoms with Crippen LogP contribution >= 0.6 is 0 Å². The molecule has 1 N–H and O–H groups in total. The second-order valence-electron chi connectivity index (χ2n) is 9.68. The zero-order valence-corrected chi connectivity index (χ0v) is 20.7. The summed E-state index contributed by atoms with van der Waals surface area (Å²) in [5.41, 5.74) is -1.68. The number of aryl methyl sites for hydroxylation is 1. The first-order valence-corrected chi connectivity index (χ1v) is 11.7. The van der Waals surface area contributed by atoms with Gasteiger partial charge in [-0.1, -0.05) is 26.0 Å². The Labute approximate surface area is 210 Å².